The van der Waals surface area contributed by atoms with Gasteiger partial charge in [-0.05, 0) is 35.3 Å². The van der Waals surface area contributed by atoms with E-state index in [4.69, 9.17) is 5.73 Å². The number of nitrogens with zero attached hydrogens (tertiary/aromatic N) is 1. The fraction of sp³-hybridized carbons (Fsp3) is 0.227. The first-order chi connectivity index (χ1) is 14.9. The van der Waals surface area contributed by atoms with Crippen molar-refractivity contribution in [2.24, 2.45) is 5.73 Å². The van der Waals surface area contributed by atoms with Crippen molar-refractivity contribution in [1.29, 1.82) is 0 Å². The van der Waals surface area contributed by atoms with Crippen LogP contribution in [0.15, 0.2) is 65.9 Å². The summed E-state index contributed by atoms with van der Waals surface area (Å²) in [5.74, 6) is -1.66. The van der Waals surface area contributed by atoms with Crippen molar-refractivity contribution >= 4 is 29.5 Å². The number of fused-ring (bicyclic) bond motifs is 1. The van der Waals surface area contributed by atoms with E-state index < -0.39 is 35.2 Å². The molecule has 2 aliphatic heterocycles. The van der Waals surface area contributed by atoms with Crippen LogP contribution in [0.25, 0.3) is 0 Å². The third-order valence-electron chi connectivity index (χ3n) is 5.34. The predicted octanol–water partition coefficient (Wildman–Crippen LogP) is 1.37. The van der Waals surface area contributed by atoms with Gasteiger partial charge < -0.3 is 21.3 Å². The summed E-state index contributed by atoms with van der Waals surface area (Å²) in [4.78, 5) is 38.5. The SMILES string of the molecule is N[C@@H](C(=O)N[C@@H]1C(=O)N2C(C(=O)O)=C(Cc3ccccc3)CS[C@H]12)c1ccc(O)cc1. The molecule has 0 saturated carbocycles. The highest BCUT2D eigenvalue weighted by Crippen LogP contribution is 2.41. The van der Waals surface area contributed by atoms with Crippen LogP contribution in [0.4, 0.5) is 0 Å². The highest BCUT2D eigenvalue weighted by molar-refractivity contribution is 8.00. The van der Waals surface area contributed by atoms with Crippen LogP contribution in [0, 0.1) is 0 Å². The van der Waals surface area contributed by atoms with Crippen LogP contribution in [-0.2, 0) is 20.8 Å². The van der Waals surface area contributed by atoms with Gasteiger partial charge in [-0.25, -0.2) is 4.79 Å². The van der Waals surface area contributed by atoms with Crippen LogP contribution >= 0.6 is 11.8 Å². The molecule has 5 N–H and O–H groups in total. The third kappa shape index (κ3) is 4.01. The summed E-state index contributed by atoms with van der Waals surface area (Å²) in [6, 6.07) is 13.5. The molecule has 2 heterocycles. The molecule has 1 saturated heterocycles. The molecule has 160 valence electrons. The molecule has 9 heteroatoms. The minimum atomic E-state index is -1.16. The van der Waals surface area contributed by atoms with Gasteiger partial charge in [0.1, 0.15) is 28.9 Å². The molecule has 0 unspecified atom stereocenters. The van der Waals surface area contributed by atoms with Crippen LogP contribution in [0.3, 0.4) is 0 Å². The minimum Gasteiger partial charge on any atom is -0.508 e. The van der Waals surface area contributed by atoms with E-state index in [0.717, 1.165) is 5.56 Å². The van der Waals surface area contributed by atoms with E-state index in [2.05, 4.69) is 5.32 Å². The average Bonchev–Trinajstić information content (AvgIpc) is 2.77. The van der Waals surface area contributed by atoms with Crippen LogP contribution in [-0.4, -0.2) is 50.1 Å². The summed E-state index contributed by atoms with van der Waals surface area (Å²) < 4.78 is 0. The van der Waals surface area contributed by atoms with E-state index in [9.17, 15) is 24.6 Å². The normalized spacial score (nSPS) is 21.2. The number of carbonyl (C=O) groups is 3. The second-order valence-corrected chi connectivity index (χ2v) is 8.49. The van der Waals surface area contributed by atoms with Gasteiger partial charge in [-0.1, -0.05) is 42.5 Å². The van der Waals surface area contributed by atoms with Gasteiger partial charge in [-0.2, -0.15) is 0 Å². The molecule has 0 aliphatic carbocycles. The Balaban J connectivity index is 1.49. The Labute approximate surface area is 182 Å². The Kier molecular flexibility index (Phi) is 5.71. The standard InChI is InChI=1S/C22H21N3O5S/c23-16(13-6-8-15(26)9-7-13)19(27)24-17-20(28)25-18(22(29)30)14(11-31-21(17)25)10-12-4-2-1-3-5-12/h1-9,16-17,21,26H,10-11,23H2,(H,24,27)(H,29,30)/t16-,17-,21-/m1/s1. The molecule has 0 aromatic heterocycles. The fourth-order valence-corrected chi connectivity index (χ4v) is 5.08. The van der Waals surface area contributed by atoms with Crippen molar-refractivity contribution in [3.63, 3.8) is 0 Å². The number of benzene rings is 2. The number of β-lactam (4-membered cyclic amide) rings is 1. The van der Waals surface area contributed by atoms with Gasteiger partial charge in [0.05, 0.1) is 0 Å². The van der Waals surface area contributed by atoms with Crippen molar-refractivity contribution in [3.8, 4) is 5.75 Å². The molecule has 4 rings (SSSR count). The Morgan fingerprint density at radius 1 is 1.16 bits per heavy atom. The van der Waals surface area contributed by atoms with E-state index in [0.29, 0.717) is 23.3 Å². The van der Waals surface area contributed by atoms with E-state index >= 15 is 0 Å². The van der Waals surface area contributed by atoms with Gasteiger partial charge >= 0.3 is 5.97 Å². The lowest BCUT2D eigenvalue weighted by molar-refractivity contribution is -0.150. The summed E-state index contributed by atoms with van der Waals surface area (Å²) in [6.07, 6.45) is 0.439. The zero-order chi connectivity index (χ0) is 22.1. The Morgan fingerprint density at radius 2 is 1.84 bits per heavy atom. The fourth-order valence-electron chi connectivity index (χ4n) is 3.74. The molecule has 3 atom stereocenters. The Bertz CT molecular complexity index is 1050. The number of carboxylic acid groups (broad SMARTS) is 1. The lowest BCUT2D eigenvalue weighted by atomic mass is 9.98. The summed E-state index contributed by atoms with van der Waals surface area (Å²) in [6.45, 7) is 0. The number of amides is 2. The molecule has 0 radical (unpaired) electrons. The molecule has 2 aromatic rings. The molecule has 2 amide bonds. The second-order valence-electron chi connectivity index (χ2n) is 7.38. The molecule has 31 heavy (non-hydrogen) atoms. The largest absolute Gasteiger partial charge is 0.508 e. The zero-order valence-electron chi connectivity index (χ0n) is 16.4. The lowest BCUT2D eigenvalue weighted by Gasteiger charge is -2.49. The molecular formula is C22H21N3O5S. The van der Waals surface area contributed by atoms with E-state index in [1.807, 2.05) is 30.3 Å². The van der Waals surface area contributed by atoms with E-state index in [-0.39, 0.29) is 11.4 Å². The first kappa shape index (κ1) is 21.0. The number of thioether (sulfide) groups is 1. The number of aliphatic carboxylic acids is 1. The molecule has 0 bridgehead atoms. The van der Waals surface area contributed by atoms with Gasteiger partial charge in [-0.15, -0.1) is 11.8 Å². The lowest BCUT2D eigenvalue weighted by Crippen LogP contribution is -2.71. The number of aromatic hydroxyl groups is 1. The van der Waals surface area contributed by atoms with Crippen LogP contribution in [0.5, 0.6) is 5.75 Å². The topological polar surface area (TPSA) is 133 Å². The van der Waals surface area contributed by atoms with Gasteiger partial charge in [0, 0.05) is 5.75 Å². The summed E-state index contributed by atoms with van der Waals surface area (Å²) in [5, 5.41) is 21.3. The van der Waals surface area contributed by atoms with Crippen molar-refractivity contribution < 1.29 is 24.6 Å². The molecule has 2 aromatic carbocycles. The van der Waals surface area contributed by atoms with Crippen LogP contribution < -0.4 is 11.1 Å². The number of hydrogen-bond acceptors (Lipinski definition) is 6. The molecule has 0 spiro atoms. The number of rotatable bonds is 6. The van der Waals surface area contributed by atoms with Gasteiger partial charge in [0.15, 0.2) is 0 Å². The Morgan fingerprint density at radius 3 is 2.48 bits per heavy atom. The molecular weight excluding hydrogens is 418 g/mol. The maximum absolute atomic E-state index is 12.8. The second kappa shape index (κ2) is 8.44. The number of nitrogens with two attached hydrogens (primary N) is 1. The van der Waals surface area contributed by atoms with Crippen molar-refractivity contribution in [2.75, 3.05) is 5.75 Å². The monoisotopic (exact) mass is 439 g/mol. The van der Waals surface area contributed by atoms with Crippen LogP contribution in [0.1, 0.15) is 17.2 Å². The number of nitrogens with one attached hydrogen (secondary N) is 1. The molecule has 8 nitrogen and oxygen atoms in total. The highest BCUT2D eigenvalue weighted by atomic mass is 32.2. The number of phenolic OH excluding ortho intramolecular Hbond substituents is 1. The van der Waals surface area contributed by atoms with Crippen LogP contribution in [0.2, 0.25) is 0 Å². The maximum atomic E-state index is 12.8. The maximum Gasteiger partial charge on any atom is 0.352 e. The first-order valence-electron chi connectivity index (χ1n) is 9.65. The van der Waals surface area contributed by atoms with Gasteiger partial charge in [0.2, 0.25) is 5.91 Å². The number of carbonyl (C=O) groups excluding carboxylic acids is 2. The zero-order valence-corrected chi connectivity index (χ0v) is 17.2. The predicted molar refractivity (Wildman–Crippen MR) is 115 cm³/mol. The van der Waals surface area contributed by atoms with Crippen molar-refractivity contribution in [2.45, 2.75) is 23.9 Å². The van der Waals surface area contributed by atoms with E-state index in [1.54, 1.807) is 0 Å². The Hall–Kier alpha value is -3.30. The summed E-state index contributed by atoms with van der Waals surface area (Å²) >= 11 is 1.42. The number of phenols is 1. The van der Waals surface area contributed by atoms with Gasteiger partial charge in [-0.3, -0.25) is 14.5 Å². The van der Waals surface area contributed by atoms with Gasteiger partial charge in [0.25, 0.3) is 5.91 Å². The van der Waals surface area contributed by atoms with Crippen molar-refractivity contribution in [3.05, 3.63) is 77.0 Å². The number of hydrogen-bond donors (Lipinski definition) is 4. The van der Waals surface area contributed by atoms with E-state index in [1.165, 1.54) is 40.9 Å². The smallest absolute Gasteiger partial charge is 0.352 e. The van der Waals surface area contributed by atoms with Crippen molar-refractivity contribution in [1.82, 2.24) is 10.2 Å². The summed E-state index contributed by atoms with van der Waals surface area (Å²) in [7, 11) is 0. The molecule has 2 aliphatic rings. The third-order valence-corrected chi connectivity index (χ3v) is 6.68. The highest BCUT2D eigenvalue weighted by Gasteiger charge is 2.54. The first-order valence-corrected chi connectivity index (χ1v) is 10.7. The molecule has 1 fully saturated rings. The summed E-state index contributed by atoms with van der Waals surface area (Å²) in [5.41, 5.74) is 8.10. The minimum absolute atomic E-state index is 0.00839. The number of carboxylic acids is 1. The quantitative estimate of drug-likeness (QED) is 0.500. The average molecular weight is 439 g/mol.